The number of carboxylic acid groups (broad SMARTS) is 1. The molecule has 0 amide bonds. The topological polar surface area (TPSA) is 50.2 Å². The predicted octanol–water partition coefficient (Wildman–Crippen LogP) is 3.97. The number of alkyl halides is 3. The van der Waals surface area contributed by atoms with Crippen molar-refractivity contribution in [2.75, 3.05) is 0 Å². The molecule has 1 aromatic carbocycles. The van der Waals surface area contributed by atoms with Gasteiger partial charge in [0.2, 0.25) is 0 Å². The van der Waals surface area contributed by atoms with Crippen LogP contribution in [0.15, 0.2) is 18.2 Å². The summed E-state index contributed by atoms with van der Waals surface area (Å²) in [6.07, 6.45) is -4.90. The van der Waals surface area contributed by atoms with E-state index < -0.39 is 28.5 Å². The van der Waals surface area contributed by atoms with E-state index >= 15 is 0 Å². The van der Waals surface area contributed by atoms with Gasteiger partial charge in [0, 0.05) is 5.56 Å². The Morgan fingerprint density at radius 3 is 2.50 bits per heavy atom. The molecule has 8 heteroatoms. The van der Waals surface area contributed by atoms with Crippen molar-refractivity contribution in [2.45, 2.75) is 13.1 Å². The Bertz CT molecular complexity index is 679. The molecule has 0 aliphatic heterocycles. The van der Waals surface area contributed by atoms with Crippen LogP contribution in [0, 0.1) is 12.7 Å². The summed E-state index contributed by atoms with van der Waals surface area (Å²) in [5, 5.41) is 8.48. The monoisotopic (exact) mass is 305 g/mol. The number of aromatic nitrogens is 1. The van der Waals surface area contributed by atoms with Crippen molar-refractivity contribution < 1.29 is 27.5 Å². The first-order valence-corrected chi connectivity index (χ1v) is 6.10. The molecule has 0 spiro atoms. The molecule has 0 aliphatic carbocycles. The highest BCUT2D eigenvalue weighted by molar-refractivity contribution is 7.17. The molecule has 0 aliphatic rings. The fourth-order valence-electron chi connectivity index (χ4n) is 1.59. The maximum absolute atomic E-state index is 13.9. The third-order valence-corrected chi connectivity index (χ3v) is 3.59. The van der Waals surface area contributed by atoms with E-state index in [1.165, 1.54) is 25.1 Å². The van der Waals surface area contributed by atoms with E-state index in [1.807, 2.05) is 0 Å². The quantitative estimate of drug-likeness (QED) is 0.854. The smallest absolute Gasteiger partial charge is 0.435 e. The molecule has 106 valence electrons. The molecule has 3 nitrogen and oxygen atoms in total. The summed E-state index contributed by atoms with van der Waals surface area (Å²) >= 11 is 0.300. The van der Waals surface area contributed by atoms with E-state index in [0.29, 0.717) is 11.3 Å². The van der Waals surface area contributed by atoms with E-state index in [0.717, 1.165) is 0 Å². The zero-order valence-corrected chi connectivity index (χ0v) is 10.8. The number of benzene rings is 1. The number of hydrogen-bond donors (Lipinski definition) is 1. The van der Waals surface area contributed by atoms with Crippen molar-refractivity contribution in [3.63, 3.8) is 0 Å². The van der Waals surface area contributed by atoms with Crippen LogP contribution in [0.4, 0.5) is 17.6 Å². The minimum atomic E-state index is -4.90. The number of thiazole rings is 1. The number of carboxylic acids is 1. The zero-order valence-electron chi connectivity index (χ0n) is 9.95. The van der Waals surface area contributed by atoms with Gasteiger partial charge in [-0.05, 0) is 18.6 Å². The van der Waals surface area contributed by atoms with Crippen LogP contribution in [0.25, 0.3) is 10.6 Å². The molecule has 0 saturated carbocycles. The molecule has 1 N–H and O–H groups in total. The summed E-state index contributed by atoms with van der Waals surface area (Å²) in [5.74, 6) is -2.46. The average Bonchev–Trinajstić information content (AvgIpc) is 2.77. The Morgan fingerprint density at radius 2 is 2.00 bits per heavy atom. The first-order valence-electron chi connectivity index (χ1n) is 5.28. The van der Waals surface area contributed by atoms with E-state index in [9.17, 15) is 22.4 Å². The molecule has 0 unspecified atom stereocenters. The molecule has 0 radical (unpaired) electrons. The van der Waals surface area contributed by atoms with Gasteiger partial charge in [-0.1, -0.05) is 12.1 Å². The number of carbonyl (C=O) groups is 1. The lowest BCUT2D eigenvalue weighted by atomic mass is 10.1. The molecule has 2 rings (SSSR count). The molecular formula is C12H7F4NO2S. The standard InChI is InChI=1S/C12H7F4NO2S/c1-5-3-2-4-6(7(5)13)10-17-9(12(14,15)16)8(20-10)11(18)19/h2-4H,1H3,(H,18,19). The highest BCUT2D eigenvalue weighted by Crippen LogP contribution is 2.38. The van der Waals surface area contributed by atoms with Gasteiger partial charge in [0.15, 0.2) is 5.69 Å². The largest absolute Gasteiger partial charge is 0.477 e. The van der Waals surface area contributed by atoms with Crippen LogP contribution in [-0.4, -0.2) is 16.1 Å². The Balaban J connectivity index is 2.65. The van der Waals surface area contributed by atoms with Crippen molar-refractivity contribution in [3.05, 3.63) is 40.2 Å². The summed E-state index contributed by atoms with van der Waals surface area (Å²) < 4.78 is 52.0. The van der Waals surface area contributed by atoms with Gasteiger partial charge < -0.3 is 5.11 Å². The SMILES string of the molecule is Cc1cccc(-c2nc(C(F)(F)F)c(C(=O)O)s2)c1F. The maximum atomic E-state index is 13.9. The van der Waals surface area contributed by atoms with Crippen molar-refractivity contribution in [3.8, 4) is 10.6 Å². The lowest BCUT2D eigenvalue weighted by molar-refractivity contribution is -0.141. The summed E-state index contributed by atoms with van der Waals surface area (Å²) in [4.78, 5) is 13.1. The van der Waals surface area contributed by atoms with Gasteiger partial charge in [0.25, 0.3) is 0 Å². The molecular weight excluding hydrogens is 298 g/mol. The maximum Gasteiger partial charge on any atom is 0.435 e. The number of aromatic carboxylic acids is 1. The van der Waals surface area contributed by atoms with E-state index in [2.05, 4.69) is 4.98 Å². The summed E-state index contributed by atoms with van der Waals surface area (Å²) in [6, 6.07) is 4.17. The van der Waals surface area contributed by atoms with Gasteiger partial charge in [-0.3, -0.25) is 0 Å². The Kier molecular flexibility index (Phi) is 3.51. The van der Waals surface area contributed by atoms with Crippen LogP contribution in [0.1, 0.15) is 20.9 Å². The second kappa shape index (κ2) is 4.86. The molecule has 20 heavy (non-hydrogen) atoms. The Labute approximate surface area is 114 Å². The van der Waals surface area contributed by atoms with Crippen molar-refractivity contribution in [1.29, 1.82) is 0 Å². The number of aryl methyl sites for hydroxylation is 1. The minimum absolute atomic E-state index is 0.145. The van der Waals surface area contributed by atoms with Crippen molar-refractivity contribution >= 4 is 17.3 Å². The number of halogens is 4. The van der Waals surface area contributed by atoms with Gasteiger partial charge in [-0.25, -0.2) is 14.2 Å². The molecule has 0 saturated heterocycles. The normalized spacial score (nSPS) is 11.7. The van der Waals surface area contributed by atoms with Gasteiger partial charge in [-0.15, -0.1) is 11.3 Å². The predicted molar refractivity (Wildman–Crippen MR) is 64.2 cm³/mol. The molecule has 1 heterocycles. The van der Waals surface area contributed by atoms with Crippen LogP contribution in [0.5, 0.6) is 0 Å². The third-order valence-electron chi connectivity index (χ3n) is 2.51. The fraction of sp³-hybridized carbons (Fsp3) is 0.167. The lowest BCUT2D eigenvalue weighted by Crippen LogP contribution is -2.11. The van der Waals surface area contributed by atoms with Gasteiger partial charge in [0.05, 0.1) is 0 Å². The lowest BCUT2D eigenvalue weighted by Gasteiger charge is -2.03. The molecule has 1 aromatic heterocycles. The van der Waals surface area contributed by atoms with Gasteiger partial charge in [0.1, 0.15) is 15.7 Å². The molecule has 2 aromatic rings. The van der Waals surface area contributed by atoms with E-state index in [-0.39, 0.29) is 16.1 Å². The van der Waals surface area contributed by atoms with Crippen molar-refractivity contribution in [2.24, 2.45) is 0 Å². The van der Waals surface area contributed by atoms with Gasteiger partial charge in [-0.2, -0.15) is 13.2 Å². The minimum Gasteiger partial charge on any atom is -0.477 e. The Hall–Kier alpha value is -1.96. The highest BCUT2D eigenvalue weighted by atomic mass is 32.1. The van der Waals surface area contributed by atoms with Crippen LogP contribution in [-0.2, 0) is 6.18 Å². The van der Waals surface area contributed by atoms with E-state index in [1.54, 1.807) is 0 Å². The second-order valence-corrected chi connectivity index (χ2v) is 4.94. The zero-order chi connectivity index (χ0) is 15.1. The van der Waals surface area contributed by atoms with Crippen LogP contribution in [0.2, 0.25) is 0 Å². The second-order valence-electron chi connectivity index (χ2n) is 3.94. The van der Waals surface area contributed by atoms with Crippen LogP contribution < -0.4 is 0 Å². The summed E-state index contributed by atoms with van der Waals surface area (Å²) in [7, 11) is 0. The van der Waals surface area contributed by atoms with Crippen molar-refractivity contribution in [1.82, 2.24) is 4.98 Å². The molecule has 0 fully saturated rings. The first-order chi connectivity index (χ1) is 9.21. The van der Waals surface area contributed by atoms with Crippen LogP contribution in [0.3, 0.4) is 0 Å². The van der Waals surface area contributed by atoms with Gasteiger partial charge >= 0.3 is 12.1 Å². The van der Waals surface area contributed by atoms with E-state index in [4.69, 9.17) is 5.11 Å². The summed E-state index contributed by atoms with van der Waals surface area (Å²) in [6.45, 7) is 1.45. The average molecular weight is 305 g/mol. The number of rotatable bonds is 2. The number of nitrogens with zero attached hydrogens (tertiary/aromatic N) is 1. The molecule has 0 bridgehead atoms. The first kappa shape index (κ1) is 14.4. The Morgan fingerprint density at radius 1 is 1.35 bits per heavy atom. The third kappa shape index (κ3) is 2.51. The highest BCUT2D eigenvalue weighted by Gasteiger charge is 2.40. The van der Waals surface area contributed by atoms with Crippen LogP contribution >= 0.6 is 11.3 Å². The molecule has 0 atom stereocenters. The summed E-state index contributed by atoms with van der Waals surface area (Å²) in [5.41, 5.74) is -1.41. The number of hydrogen-bond acceptors (Lipinski definition) is 3. The fourth-order valence-corrected chi connectivity index (χ4v) is 2.53.